The van der Waals surface area contributed by atoms with E-state index in [2.05, 4.69) is 0 Å². The van der Waals surface area contributed by atoms with E-state index >= 15 is 0 Å². The lowest BCUT2D eigenvalue weighted by atomic mass is 10.0. The summed E-state index contributed by atoms with van der Waals surface area (Å²) in [5.41, 5.74) is -1.67. The van der Waals surface area contributed by atoms with Crippen molar-refractivity contribution in [3.05, 3.63) is 53.6 Å². The van der Waals surface area contributed by atoms with Crippen LogP contribution in [0.15, 0.2) is 42.5 Å². The Labute approximate surface area is 108 Å². The molecule has 2 rings (SSSR count). The fraction of sp³-hybridized carbons (Fsp3) is 0.214. The maximum atomic E-state index is 12.8. The van der Waals surface area contributed by atoms with Gasteiger partial charge in [-0.3, -0.25) is 0 Å². The molecule has 1 atom stereocenters. The first-order valence-corrected chi connectivity index (χ1v) is 5.58. The molecule has 0 aliphatic carbocycles. The number of halogens is 3. The smallest absolute Gasteiger partial charge is 0.416 e. The van der Waals surface area contributed by atoms with Gasteiger partial charge in [-0.25, -0.2) is 4.79 Å². The summed E-state index contributed by atoms with van der Waals surface area (Å²) < 4.78 is 43.3. The van der Waals surface area contributed by atoms with E-state index in [1.54, 1.807) is 6.92 Å². The standard InChI is InChI=1S/C14H11F3O2/c1-13(9-7-12(18)19-13)8-6-10-4-2-3-5-11(10)14(15,16)17/h2-9H,1H3/b8-6+. The molecule has 0 amide bonds. The largest absolute Gasteiger partial charge is 0.448 e. The summed E-state index contributed by atoms with van der Waals surface area (Å²) in [6, 6.07) is 5.23. The highest BCUT2D eigenvalue weighted by Crippen LogP contribution is 2.33. The first kappa shape index (κ1) is 13.4. The molecule has 0 saturated carbocycles. The number of hydrogen-bond donors (Lipinski definition) is 0. The minimum Gasteiger partial charge on any atom is -0.448 e. The molecule has 1 unspecified atom stereocenters. The summed E-state index contributed by atoms with van der Waals surface area (Å²) in [5, 5.41) is 0. The Morgan fingerprint density at radius 1 is 1.26 bits per heavy atom. The highest BCUT2D eigenvalue weighted by Gasteiger charge is 2.33. The van der Waals surface area contributed by atoms with Crippen molar-refractivity contribution in [2.45, 2.75) is 18.7 Å². The Morgan fingerprint density at radius 3 is 2.53 bits per heavy atom. The number of rotatable bonds is 2. The average molecular weight is 268 g/mol. The van der Waals surface area contributed by atoms with Crippen LogP contribution in [0.25, 0.3) is 6.08 Å². The van der Waals surface area contributed by atoms with E-state index in [4.69, 9.17) is 4.74 Å². The van der Waals surface area contributed by atoms with Crippen molar-refractivity contribution >= 4 is 12.0 Å². The number of hydrogen-bond acceptors (Lipinski definition) is 2. The van der Waals surface area contributed by atoms with Crippen LogP contribution in [0.5, 0.6) is 0 Å². The minimum atomic E-state index is -4.41. The van der Waals surface area contributed by atoms with Gasteiger partial charge in [0.25, 0.3) is 0 Å². The quantitative estimate of drug-likeness (QED) is 0.766. The van der Waals surface area contributed by atoms with Gasteiger partial charge in [0.2, 0.25) is 0 Å². The second-order valence-electron chi connectivity index (χ2n) is 4.36. The predicted octanol–water partition coefficient (Wildman–Crippen LogP) is 3.59. The van der Waals surface area contributed by atoms with Gasteiger partial charge in [-0.15, -0.1) is 0 Å². The zero-order valence-electron chi connectivity index (χ0n) is 10.1. The monoisotopic (exact) mass is 268 g/mol. The molecule has 0 aromatic heterocycles. The summed E-state index contributed by atoms with van der Waals surface area (Å²) >= 11 is 0. The van der Waals surface area contributed by atoms with E-state index in [9.17, 15) is 18.0 Å². The van der Waals surface area contributed by atoms with Gasteiger partial charge in [-0.2, -0.15) is 13.2 Å². The molecule has 0 saturated heterocycles. The van der Waals surface area contributed by atoms with E-state index in [0.717, 1.165) is 6.07 Å². The number of carbonyl (C=O) groups excluding carboxylic acids is 1. The zero-order valence-corrected chi connectivity index (χ0v) is 10.1. The van der Waals surface area contributed by atoms with Crippen molar-refractivity contribution in [3.63, 3.8) is 0 Å². The lowest BCUT2D eigenvalue weighted by Crippen LogP contribution is -2.20. The number of carbonyl (C=O) groups is 1. The molecule has 5 heteroatoms. The van der Waals surface area contributed by atoms with Crippen LogP contribution in [0.2, 0.25) is 0 Å². The van der Waals surface area contributed by atoms with E-state index in [0.29, 0.717) is 0 Å². The van der Waals surface area contributed by atoms with Gasteiger partial charge in [0, 0.05) is 6.08 Å². The van der Waals surface area contributed by atoms with Gasteiger partial charge < -0.3 is 4.74 Å². The lowest BCUT2D eigenvalue weighted by Gasteiger charge is -2.17. The van der Waals surface area contributed by atoms with E-state index < -0.39 is 23.3 Å². The average Bonchev–Trinajstić information content (AvgIpc) is 2.67. The van der Waals surface area contributed by atoms with E-state index in [1.165, 1.54) is 42.5 Å². The summed E-state index contributed by atoms with van der Waals surface area (Å²) in [6.07, 6.45) is 1.08. The van der Waals surface area contributed by atoms with E-state index in [-0.39, 0.29) is 5.56 Å². The molecular weight excluding hydrogens is 257 g/mol. The second kappa shape index (κ2) is 4.57. The fourth-order valence-corrected chi connectivity index (χ4v) is 1.76. The molecule has 0 radical (unpaired) electrons. The summed E-state index contributed by atoms with van der Waals surface area (Å²) in [7, 11) is 0. The van der Waals surface area contributed by atoms with Crippen molar-refractivity contribution in [2.24, 2.45) is 0 Å². The first-order chi connectivity index (χ1) is 8.80. The molecule has 19 heavy (non-hydrogen) atoms. The van der Waals surface area contributed by atoms with Crippen molar-refractivity contribution in [3.8, 4) is 0 Å². The van der Waals surface area contributed by atoms with Crippen LogP contribution in [0.1, 0.15) is 18.1 Å². The zero-order chi connectivity index (χ0) is 14.1. The maximum Gasteiger partial charge on any atom is 0.416 e. The molecule has 0 spiro atoms. The molecule has 1 aliphatic heterocycles. The van der Waals surface area contributed by atoms with Crippen molar-refractivity contribution in [2.75, 3.05) is 0 Å². The highest BCUT2D eigenvalue weighted by molar-refractivity contribution is 5.85. The van der Waals surface area contributed by atoms with Crippen molar-refractivity contribution in [1.82, 2.24) is 0 Å². The van der Waals surface area contributed by atoms with Crippen LogP contribution < -0.4 is 0 Å². The molecule has 1 heterocycles. The Morgan fingerprint density at radius 2 is 1.95 bits per heavy atom. The number of cyclic esters (lactones) is 1. The minimum absolute atomic E-state index is 0.0348. The van der Waals surface area contributed by atoms with Crippen LogP contribution >= 0.6 is 0 Å². The second-order valence-corrected chi connectivity index (χ2v) is 4.36. The third kappa shape index (κ3) is 3.05. The van der Waals surface area contributed by atoms with E-state index in [1.807, 2.05) is 0 Å². The number of benzene rings is 1. The summed E-state index contributed by atoms with van der Waals surface area (Å²) in [5.74, 6) is -0.503. The molecule has 1 aliphatic rings. The summed E-state index contributed by atoms with van der Waals surface area (Å²) in [6.45, 7) is 1.60. The number of esters is 1. The van der Waals surface area contributed by atoms with Gasteiger partial charge in [0.15, 0.2) is 0 Å². The SMILES string of the molecule is CC1(/C=C/c2ccccc2C(F)(F)F)C=CC(=O)O1. The van der Waals surface area contributed by atoms with Crippen LogP contribution in [0.3, 0.4) is 0 Å². The summed E-state index contributed by atoms with van der Waals surface area (Å²) in [4.78, 5) is 11.0. The molecule has 1 aromatic carbocycles. The van der Waals surface area contributed by atoms with Crippen LogP contribution in [-0.4, -0.2) is 11.6 Å². The van der Waals surface area contributed by atoms with Crippen molar-refractivity contribution in [1.29, 1.82) is 0 Å². The topological polar surface area (TPSA) is 26.3 Å². The molecule has 100 valence electrons. The molecule has 2 nitrogen and oxygen atoms in total. The van der Waals surface area contributed by atoms with Gasteiger partial charge in [0.05, 0.1) is 5.56 Å². The molecular formula is C14H11F3O2. The molecule has 0 N–H and O–H groups in total. The van der Waals surface area contributed by atoms with Gasteiger partial charge in [0.1, 0.15) is 5.60 Å². The Bertz CT molecular complexity index is 558. The predicted molar refractivity (Wildman–Crippen MR) is 64.1 cm³/mol. The van der Waals surface area contributed by atoms with Gasteiger partial charge in [-0.05, 0) is 30.7 Å². The van der Waals surface area contributed by atoms with Crippen LogP contribution in [0, 0.1) is 0 Å². The van der Waals surface area contributed by atoms with Crippen molar-refractivity contribution < 1.29 is 22.7 Å². The Hall–Kier alpha value is -2.04. The number of alkyl halides is 3. The maximum absolute atomic E-state index is 12.8. The number of ether oxygens (including phenoxy) is 1. The Balaban J connectivity index is 2.30. The third-order valence-corrected chi connectivity index (χ3v) is 2.73. The lowest BCUT2D eigenvalue weighted by molar-refractivity contribution is -0.141. The van der Waals surface area contributed by atoms with Gasteiger partial charge >= 0.3 is 12.1 Å². The van der Waals surface area contributed by atoms with Crippen LogP contribution in [-0.2, 0) is 15.7 Å². The molecule has 0 bridgehead atoms. The molecule has 1 aromatic rings. The normalized spacial score (nSPS) is 23.1. The fourth-order valence-electron chi connectivity index (χ4n) is 1.76. The van der Waals surface area contributed by atoms with Crippen LogP contribution in [0.4, 0.5) is 13.2 Å². The van der Waals surface area contributed by atoms with Gasteiger partial charge in [-0.1, -0.05) is 24.3 Å². The highest BCUT2D eigenvalue weighted by atomic mass is 19.4. The molecule has 0 fully saturated rings. The first-order valence-electron chi connectivity index (χ1n) is 5.58. The third-order valence-electron chi connectivity index (χ3n) is 2.73. The Kier molecular flexibility index (Phi) is 3.22.